The van der Waals surface area contributed by atoms with Gasteiger partial charge in [-0.3, -0.25) is 0 Å². The van der Waals surface area contributed by atoms with E-state index in [2.05, 4.69) is 12.6 Å². The topological polar surface area (TPSA) is 40.5 Å². The summed E-state index contributed by atoms with van der Waals surface area (Å²) < 4.78 is 0. The number of hydrogen-bond acceptors (Lipinski definition) is 3. The maximum atomic E-state index is 11.1. The van der Waals surface area contributed by atoms with Gasteiger partial charge in [0.2, 0.25) is 0 Å². The van der Waals surface area contributed by atoms with Crippen LogP contribution < -0.4 is 4.90 Å². The molecule has 3 nitrogen and oxygen atoms in total. The number of unbranched alkanes of at least 4 members (excludes halogenated alkanes) is 1. The average molecular weight is 277 g/mol. The van der Waals surface area contributed by atoms with Gasteiger partial charge >= 0.3 is 35.5 Å². The van der Waals surface area contributed by atoms with E-state index in [4.69, 9.17) is 5.11 Å². The summed E-state index contributed by atoms with van der Waals surface area (Å²) in [6.45, 7) is 2.47. The summed E-state index contributed by atoms with van der Waals surface area (Å²) in [4.78, 5) is 13.0. The van der Waals surface area contributed by atoms with Crippen molar-refractivity contribution in [3.05, 3.63) is 30.3 Å². The number of carbonyl (C=O) groups is 1. The quantitative estimate of drug-likeness (QED) is 0.455. The molecule has 18 heavy (non-hydrogen) atoms. The summed E-state index contributed by atoms with van der Waals surface area (Å²) in [5.74, 6) is 0.0455. The van der Waals surface area contributed by atoms with Crippen LogP contribution in [-0.2, 0) is 4.79 Å². The molecule has 0 spiro atoms. The van der Waals surface area contributed by atoms with Crippen molar-refractivity contribution in [1.29, 1.82) is 0 Å². The first kappa shape index (κ1) is 17.8. The number of carboxylic acids is 1. The first-order chi connectivity index (χ1) is 8.16. The predicted octanol–water partition coefficient (Wildman–Crippen LogP) is 2.03. The van der Waals surface area contributed by atoms with E-state index in [1.165, 1.54) is 0 Å². The fourth-order valence-electron chi connectivity index (χ4n) is 1.69. The van der Waals surface area contributed by atoms with Gasteiger partial charge in [-0.2, -0.15) is 12.6 Å². The molecule has 1 atom stereocenters. The van der Waals surface area contributed by atoms with Gasteiger partial charge in [0.1, 0.15) is 6.04 Å². The third-order valence-electron chi connectivity index (χ3n) is 2.72. The number of benzene rings is 1. The Labute approximate surface area is 136 Å². The van der Waals surface area contributed by atoms with Crippen molar-refractivity contribution in [3.8, 4) is 0 Å². The number of anilines is 1. The van der Waals surface area contributed by atoms with E-state index in [-0.39, 0.29) is 29.6 Å². The average Bonchev–Trinajstić information content (AvgIpc) is 2.35. The van der Waals surface area contributed by atoms with Gasteiger partial charge in [-0.15, -0.1) is 0 Å². The number of aliphatic carboxylic acids is 1. The van der Waals surface area contributed by atoms with E-state index < -0.39 is 12.0 Å². The summed E-state index contributed by atoms with van der Waals surface area (Å²) in [5, 5.41) is 9.11. The molecule has 0 aliphatic rings. The Morgan fingerprint density at radius 3 is 2.44 bits per heavy atom. The molecule has 0 heterocycles. The molecule has 0 aliphatic carbocycles. The SMILES string of the molecule is C[C@@H](C(=O)O)N(CCCCS)c1ccccc1.[NaH]. The van der Waals surface area contributed by atoms with Crippen molar-refractivity contribution >= 4 is 53.8 Å². The van der Waals surface area contributed by atoms with Crippen LogP contribution in [0.5, 0.6) is 0 Å². The van der Waals surface area contributed by atoms with E-state index in [0.717, 1.165) is 30.8 Å². The van der Waals surface area contributed by atoms with Crippen molar-refractivity contribution < 1.29 is 9.90 Å². The molecule has 0 radical (unpaired) electrons. The predicted molar refractivity (Wildman–Crippen MR) is 81.1 cm³/mol. The van der Waals surface area contributed by atoms with Crippen LogP contribution in [0.15, 0.2) is 30.3 Å². The molecule has 1 N–H and O–H groups in total. The Morgan fingerprint density at radius 1 is 1.33 bits per heavy atom. The molecule has 96 valence electrons. The monoisotopic (exact) mass is 277 g/mol. The standard InChI is InChI=1S/C13H19NO2S.Na.H/c1-11(13(15)16)14(9-5-6-10-17)12-7-3-2-4-8-12;;/h2-4,7-8,11,17H,5-6,9-10H2,1H3,(H,15,16);;/t11-;;/m0../s1. The van der Waals surface area contributed by atoms with E-state index in [1.54, 1.807) is 6.92 Å². The zero-order chi connectivity index (χ0) is 12.7. The molecule has 0 saturated carbocycles. The van der Waals surface area contributed by atoms with Gasteiger partial charge in [-0.1, -0.05) is 18.2 Å². The van der Waals surface area contributed by atoms with Crippen LogP contribution in [0.2, 0.25) is 0 Å². The number of thiol groups is 1. The van der Waals surface area contributed by atoms with Gasteiger partial charge in [0.15, 0.2) is 0 Å². The van der Waals surface area contributed by atoms with Gasteiger partial charge in [0.25, 0.3) is 0 Å². The third-order valence-corrected chi connectivity index (χ3v) is 3.04. The first-order valence-electron chi connectivity index (χ1n) is 5.82. The second kappa shape index (κ2) is 9.73. The molecule has 0 aromatic heterocycles. The van der Waals surface area contributed by atoms with Gasteiger partial charge in [0, 0.05) is 12.2 Å². The molecule has 0 saturated heterocycles. The van der Waals surface area contributed by atoms with Crippen LogP contribution >= 0.6 is 12.6 Å². The minimum absolute atomic E-state index is 0. The molecule has 0 fully saturated rings. The van der Waals surface area contributed by atoms with Gasteiger partial charge in [-0.25, -0.2) is 4.79 Å². The van der Waals surface area contributed by atoms with Gasteiger partial charge in [-0.05, 0) is 37.7 Å². The molecule has 1 aromatic carbocycles. The number of nitrogens with zero attached hydrogens (tertiary/aromatic N) is 1. The van der Waals surface area contributed by atoms with E-state index in [9.17, 15) is 4.79 Å². The summed E-state index contributed by atoms with van der Waals surface area (Å²) in [7, 11) is 0. The summed E-state index contributed by atoms with van der Waals surface area (Å²) >= 11 is 4.17. The maximum absolute atomic E-state index is 11.1. The van der Waals surface area contributed by atoms with Gasteiger partial charge in [0.05, 0.1) is 0 Å². The number of rotatable bonds is 7. The minimum atomic E-state index is -0.792. The normalized spacial score (nSPS) is 11.4. The molecule has 0 bridgehead atoms. The molecule has 0 amide bonds. The van der Waals surface area contributed by atoms with Crippen LogP contribution in [0.25, 0.3) is 0 Å². The van der Waals surface area contributed by atoms with E-state index in [1.807, 2.05) is 35.2 Å². The Bertz CT molecular complexity index is 348. The second-order valence-corrected chi connectivity index (χ2v) is 4.42. The zero-order valence-electron chi connectivity index (χ0n) is 10.0. The van der Waals surface area contributed by atoms with Crippen LogP contribution in [0.1, 0.15) is 19.8 Å². The first-order valence-corrected chi connectivity index (χ1v) is 6.45. The van der Waals surface area contributed by atoms with Crippen molar-refractivity contribution in [1.82, 2.24) is 0 Å². The molecular weight excluding hydrogens is 257 g/mol. The molecule has 1 aromatic rings. The number of hydrogen-bond donors (Lipinski definition) is 2. The van der Waals surface area contributed by atoms with Crippen LogP contribution in [0.3, 0.4) is 0 Å². The second-order valence-electron chi connectivity index (χ2n) is 3.97. The Hall–Kier alpha value is -0.160. The molecular formula is C13H20NNaO2S. The fraction of sp³-hybridized carbons (Fsp3) is 0.462. The number of para-hydroxylation sites is 1. The summed E-state index contributed by atoms with van der Waals surface area (Å²) in [5.41, 5.74) is 0.960. The fourth-order valence-corrected chi connectivity index (χ4v) is 1.92. The van der Waals surface area contributed by atoms with Crippen LogP contribution in [0.4, 0.5) is 5.69 Å². The number of carboxylic acid groups (broad SMARTS) is 1. The van der Waals surface area contributed by atoms with E-state index in [0.29, 0.717) is 0 Å². The van der Waals surface area contributed by atoms with Crippen LogP contribution in [-0.4, -0.2) is 59.0 Å². The Balaban J connectivity index is 0.00000289. The summed E-state index contributed by atoms with van der Waals surface area (Å²) in [6, 6.07) is 9.17. The van der Waals surface area contributed by atoms with Crippen molar-refractivity contribution in [2.24, 2.45) is 0 Å². The van der Waals surface area contributed by atoms with E-state index >= 15 is 0 Å². The van der Waals surface area contributed by atoms with Crippen LogP contribution in [0, 0.1) is 0 Å². The van der Waals surface area contributed by atoms with Crippen molar-refractivity contribution in [2.75, 3.05) is 17.2 Å². The zero-order valence-corrected chi connectivity index (χ0v) is 10.9. The summed E-state index contributed by atoms with van der Waals surface area (Å²) in [6.07, 6.45) is 1.95. The molecule has 5 heteroatoms. The Morgan fingerprint density at radius 2 is 1.94 bits per heavy atom. The van der Waals surface area contributed by atoms with Crippen molar-refractivity contribution in [3.63, 3.8) is 0 Å². The third kappa shape index (κ3) is 5.65. The van der Waals surface area contributed by atoms with Crippen molar-refractivity contribution in [2.45, 2.75) is 25.8 Å². The molecule has 0 aliphatic heterocycles. The van der Waals surface area contributed by atoms with Gasteiger partial charge < -0.3 is 10.0 Å². The molecule has 1 rings (SSSR count). The Kier molecular flexibility index (Phi) is 9.64. The molecule has 0 unspecified atom stereocenters.